The van der Waals surface area contributed by atoms with Crippen LogP contribution in [0.15, 0.2) is 36.9 Å². The van der Waals surface area contributed by atoms with E-state index in [0.717, 1.165) is 11.1 Å². The molecule has 3 N–H and O–H groups in total. The number of esters is 1. The summed E-state index contributed by atoms with van der Waals surface area (Å²) in [5.74, 6) is -0.556. The van der Waals surface area contributed by atoms with Gasteiger partial charge in [0.15, 0.2) is 0 Å². The first-order chi connectivity index (χ1) is 11.9. The van der Waals surface area contributed by atoms with Crippen LogP contribution in [0.3, 0.4) is 0 Å². The average Bonchev–Trinajstić information content (AvgIpc) is 2.88. The minimum atomic E-state index is -0.374. The molecule has 1 aromatic carbocycles. The molecule has 25 heavy (non-hydrogen) atoms. The number of amides is 1. The zero-order chi connectivity index (χ0) is 18.4. The van der Waals surface area contributed by atoms with Crippen molar-refractivity contribution in [1.29, 1.82) is 0 Å². The Morgan fingerprint density at radius 3 is 2.48 bits per heavy atom. The smallest absolute Gasteiger partial charge is 0.340 e. The lowest BCUT2D eigenvalue weighted by molar-refractivity contribution is -0.121. The zero-order valence-electron chi connectivity index (χ0n) is 14.7. The summed E-state index contributed by atoms with van der Waals surface area (Å²) < 4.78 is 5.07. The summed E-state index contributed by atoms with van der Waals surface area (Å²) >= 11 is 0. The highest BCUT2D eigenvalue weighted by Gasteiger charge is 2.20. The molecule has 2 rings (SSSR count). The van der Waals surface area contributed by atoms with Crippen LogP contribution in [-0.2, 0) is 16.0 Å². The van der Waals surface area contributed by atoms with E-state index in [1.807, 2.05) is 37.3 Å². The molecule has 0 saturated heterocycles. The first-order valence-corrected chi connectivity index (χ1v) is 8.08. The SMILES string of the molecule is C=C(NNC(=O)Cc1ccccc1)c1[nH]c(C)c(C(=O)OCC)c1C. The normalized spacial score (nSPS) is 10.2. The minimum Gasteiger partial charge on any atom is -0.462 e. The van der Waals surface area contributed by atoms with E-state index in [-0.39, 0.29) is 18.3 Å². The molecule has 0 aliphatic heterocycles. The molecule has 0 aliphatic carbocycles. The number of aryl methyl sites for hydroxylation is 1. The first-order valence-electron chi connectivity index (χ1n) is 8.08. The Kier molecular flexibility index (Phi) is 6.00. The number of hydrogen-bond donors (Lipinski definition) is 3. The van der Waals surface area contributed by atoms with Crippen LogP contribution >= 0.6 is 0 Å². The monoisotopic (exact) mass is 341 g/mol. The largest absolute Gasteiger partial charge is 0.462 e. The van der Waals surface area contributed by atoms with Gasteiger partial charge in [-0.15, -0.1) is 0 Å². The molecule has 0 spiro atoms. The second kappa shape index (κ2) is 8.19. The van der Waals surface area contributed by atoms with E-state index in [4.69, 9.17) is 4.74 Å². The van der Waals surface area contributed by atoms with Gasteiger partial charge < -0.3 is 9.72 Å². The molecule has 0 bridgehead atoms. The number of aromatic nitrogens is 1. The summed E-state index contributed by atoms with van der Waals surface area (Å²) in [4.78, 5) is 27.1. The van der Waals surface area contributed by atoms with Crippen molar-refractivity contribution in [3.05, 3.63) is 65.0 Å². The Labute approximate surface area is 147 Å². The lowest BCUT2D eigenvalue weighted by Crippen LogP contribution is -2.37. The number of hydrazine groups is 1. The van der Waals surface area contributed by atoms with Crippen molar-refractivity contribution in [2.24, 2.45) is 0 Å². The highest BCUT2D eigenvalue weighted by Crippen LogP contribution is 2.22. The molecule has 132 valence electrons. The summed E-state index contributed by atoms with van der Waals surface area (Å²) in [6.07, 6.45) is 0.262. The van der Waals surface area contributed by atoms with Gasteiger partial charge in [0.2, 0.25) is 5.91 Å². The van der Waals surface area contributed by atoms with Crippen LogP contribution < -0.4 is 10.9 Å². The van der Waals surface area contributed by atoms with E-state index in [2.05, 4.69) is 22.4 Å². The van der Waals surface area contributed by atoms with Gasteiger partial charge >= 0.3 is 5.97 Å². The summed E-state index contributed by atoms with van der Waals surface area (Å²) in [6.45, 7) is 9.60. The summed E-state index contributed by atoms with van der Waals surface area (Å²) in [7, 11) is 0. The average molecular weight is 341 g/mol. The fourth-order valence-electron chi connectivity index (χ4n) is 2.59. The highest BCUT2D eigenvalue weighted by atomic mass is 16.5. The Morgan fingerprint density at radius 2 is 1.84 bits per heavy atom. The van der Waals surface area contributed by atoms with Gasteiger partial charge in [0.25, 0.3) is 0 Å². The van der Waals surface area contributed by atoms with Crippen molar-refractivity contribution >= 4 is 17.6 Å². The van der Waals surface area contributed by atoms with Gasteiger partial charge in [0.05, 0.1) is 30.0 Å². The number of nitrogens with one attached hydrogen (secondary N) is 3. The van der Waals surface area contributed by atoms with Crippen LogP contribution in [0.1, 0.15) is 39.8 Å². The third kappa shape index (κ3) is 4.50. The second-order valence-corrected chi connectivity index (χ2v) is 5.66. The van der Waals surface area contributed by atoms with Crippen molar-refractivity contribution in [2.45, 2.75) is 27.2 Å². The number of carbonyl (C=O) groups is 2. The van der Waals surface area contributed by atoms with Crippen LogP contribution in [0.25, 0.3) is 5.70 Å². The molecular weight excluding hydrogens is 318 g/mol. The number of carbonyl (C=O) groups excluding carboxylic acids is 2. The number of H-pyrrole nitrogens is 1. The predicted molar refractivity (Wildman–Crippen MR) is 96.7 cm³/mol. The van der Waals surface area contributed by atoms with Crippen LogP contribution in [-0.4, -0.2) is 23.5 Å². The number of ether oxygens (including phenoxy) is 1. The molecule has 0 atom stereocenters. The first kappa shape index (κ1) is 18.3. The van der Waals surface area contributed by atoms with Gasteiger partial charge in [0.1, 0.15) is 0 Å². The van der Waals surface area contributed by atoms with Crippen molar-refractivity contribution in [3.8, 4) is 0 Å². The Morgan fingerprint density at radius 1 is 1.16 bits per heavy atom. The van der Waals surface area contributed by atoms with E-state index in [0.29, 0.717) is 29.3 Å². The Hall–Kier alpha value is -3.02. The lowest BCUT2D eigenvalue weighted by atomic mass is 10.1. The highest BCUT2D eigenvalue weighted by molar-refractivity contribution is 5.94. The number of rotatable bonds is 7. The van der Waals surface area contributed by atoms with E-state index >= 15 is 0 Å². The predicted octanol–water partition coefficient (Wildman–Crippen LogP) is 2.64. The second-order valence-electron chi connectivity index (χ2n) is 5.66. The molecule has 1 aromatic heterocycles. The molecular formula is C19H23N3O3. The number of hydrogen-bond acceptors (Lipinski definition) is 4. The Bertz CT molecular complexity index is 779. The maximum atomic E-state index is 12.0. The molecule has 0 fully saturated rings. The third-order valence-electron chi connectivity index (χ3n) is 3.78. The van der Waals surface area contributed by atoms with Gasteiger partial charge in [-0.25, -0.2) is 4.79 Å². The maximum Gasteiger partial charge on any atom is 0.340 e. The fraction of sp³-hybridized carbons (Fsp3) is 0.263. The lowest BCUT2D eigenvalue weighted by Gasteiger charge is -2.11. The van der Waals surface area contributed by atoms with Crippen LogP contribution in [0.4, 0.5) is 0 Å². The van der Waals surface area contributed by atoms with Crippen molar-refractivity contribution in [2.75, 3.05) is 6.61 Å². The van der Waals surface area contributed by atoms with E-state index in [9.17, 15) is 9.59 Å². The van der Waals surface area contributed by atoms with E-state index < -0.39 is 0 Å². The van der Waals surface area contributed by atoms with Crippen molar-refractivity contribution < 1.29 is 14.3 Å². The van der Waals surface area contributed by atoms with Gasteiger partial charge in [-0.05, 0) is 31.9 Å². The fourth-order valence-corrected chi connectivity index (χ4v) is 2.59. The molecule has 1 amide bonds. The molecule has 6 heteroatoms. The number of benzene rings is 1. The van der Waals surface area contributed by atoms with E-state index in [1.165, 1.54) is 0 Å². The maximum absolute atomic E-state index is 12.0. The van der Waals surface area contributed by atoms with Crippen molar-refractivity contribution in [3.63, 3.8) is 0 Å². The molecule has 0 aliphatic rings. The summed E-state index contributed by atoms with van der Waals surface area (Å²) in [5.41, 5.74) is 9.37. The van der Waals surface area contributed by atoms with Crippen molar-refractivity contribution in [1.82, 2.24) is 15.8 Å². The third-order valence-corrected chi connectivity index (χ3v) is 3.78. The Balaban J connectivity index is 2.00. The zero-order valence-corrected chi connectivity index (χ0v) is 14.7. The van der Waals surface area contributed by atoms with Gasteiger partial charge in [0, 0.05) is 5.69 Å². The standard InChI is InChI=1S/C19H23N3O3/c1-5-25-19(24)17-12(2)18(20-13(17)3)14(4)21-22-16(23)11-15-9-7-6-8-10-15/h6-10,20-21H,4-5,11H2,1-3H3,(H,22,23). The van der Waals surface area contributed by atoms with E-state index in [1.54, 1.807) is 13.8 Å². The topological polar surface area (TPSA) is 83.2 Å². The van der Waals surface area contributed by atoms with Gasteiger partial charge in [-0.1, -0.05) is 36.9 Å². The quantitative estimate of drug-likeness (QED) is 0.534. The van der Waals surface area contributed by atoms with Gasteiger partial charge in [-0.2, -0.15) is 0 Å². The molecule has 0 unspecified atom stereocenters. The van der Waals surface area contributed by atoms with Crippen LogP contribution in [0, 0.1) is 13.8 Å². The molecule has 6 nitrogen and oxygen atoms in total. The molecule has 2 aromatic rings. The number of aromatic amines is 1. The molecule has 1 heterocycles. The molecule has 0 radical (unpaired) electrons. The van der Waals surface area contributed by atoms with Crippen LogP contribution in [0.2, 0.25) is 0 Å². The molecule has 0 saturated carbocycles. The summed E-state index contributed by atoms with van der Waals surface area (Å²) in [5, 5.41) is 0. The van der Waals surface area contributed by atoms with Crippen LogP contribution in [0.5, 0.6) is 0 Å². The van der Waals surface area contributed by atoms with Gasteiger partial charge in [-0.3, -0.25) is 15.6 Å². The summed E-state index contributed by atoms with van der Waals surface area (Å²) in [6, 6.07) is 9.45. The minimum absolute atomic E-state index is 0.182.